The molecule has 1 aromatic heterocycles. The largest absolute Gasteiger partial charge is 0.251 e. The van der Waals surface area contributed by atoms with Gasteiger partial charge in [-0.3, -0.25) is 4.98 Å². The summed E-state index contributed by atoms with van der Waals surface area (Å²) in [6.45, 7) is 6.29. The number of hydrogen-bond donors (Lipinski definition) is 0. The number of rotatable bonds is 1. The van der Waals surface area contributed by atoms with Crippen molar-refractivity contribution in [2.45, 2.75) is 26.7 Å². The third-order valence-electron chi connectivity index (χ3n) is 2.68. The van der Waals surface area contributed by atoms with Gasteiger partial charge in [0.05, 0.1) is 10.5 Å². The lowest BCUT2D eigenvalue weighted by Crippen LogP contribution is -1.95. The van der Waals surface area contributed by atoms with Crippen molar-refractivity contribution in [2.24, 2.45) is 0 Å². The minimum atomic E-state index is 0.384. The van der Waals surface area contributed by atoms with Gasteiger partial charge >= 0.3 is 0 Å². The van der Waals surface area contributed by atoms with Gasteiger partial charge < -0.3 is 0 Å². The molecule has 0 atom stereocenters. The molecule has 0 aliphatic carbocycles. The SMILES string of the molecule is Cc1ccc(Br)c2nc(C(C)C)cc(Cl)c12. The van der Waals surface area contributed by atoms with Crippen LogP contribution in [0.1, 0.15) is 31.0 Å². The fourth-order valence-electron chi connectivity index (χ4n) is 1.74. The summed E-state index contributed by atoms with van der Waals surface area (Å²) >= 11 is 9.85. The number of aromatic nitrogens is 1. The van der Waals surface area contributed by atoms with Gasteiger partial charge in [-0.25, -0.2) is 0 Å². The molecule has 2 aromatic rings. The Kier molecular flexibility index (Phi) is 3.22. The van der Waals surface area contributed by atoms with E-state index in [1.165, 1.54) is 0 Å². The molecule has 1 nitrogen and oxygen atoms in total. The molecule has 1 aromatic carbocycles. The van der Waals surface area contributed by atoms with Gasteiger partial charge in [0, 0.05) is 15.6 Å². The first-order chi connectivity index (χ1) is 7.50. The Hall–Kier alpha value is -0.600. The van der Waals surface area contributed by atoms with Crippen molar-refractivity contribution in [3.8, 4) is 0 Å². The number of fused-ring (bicyclic) bond motifs is 1. The second kappa shape index (κ2) is 4.34. The highest BCUT2D eigenvalue weighted by Crippen LogP contribution is 2.32. The summed E-state index contributed by atoms with van der Waals surface area (Å²) in [5, 5.41) is 1.83. The Balaban J connectivity index is 2.86. The highest BCUT2D eigenvalue weighted by molar-refractivity contribution is 9.10. The maximum atomic E-state index is 6.32. The van der Waals surface area contributed by atoms with Gasteiger partial charge in [-0.15, -0.1) is 0 Å². The highest BCUT2D eigenvalue weighted by Gasteiger charge is 2.11. The van der Waals surface area contributed by atoms with Gasteiger partial charge in [-0.05, 0) is 46.5 Å². The Labute approximate surface area is 109 Å². The summed E-state index contributed by atoms with van der Waals surface area (Å²) in [7, 11) is 0. The zero-order chi connectivity index (χ0) is 11.9. The quantitative estimate of drug-likeness (QED) is 0.715. The van der Waals surface area contributed by atoms with Gasteiger partial charge in [0.15, 0.2) is 0 Å². The van der Waals surface area contributed by atoms with Crippen LogP contribution in [-0.2, 0) is 0 Å². The second-order valence-corrected chi connectivity index (χ2v) is 5.53. The van der Waals surface area contributed by atoms with Crippen molar-refractivity contribution in [1.82, 2.24) is 4.98 Å². The second-order valence-electron chi connectivity index (χ2n) is 4.27. The molecule has 2 rings (SSSR count). The molecule has 0 bridgehead atoms. The van der Waals surface area contributed by atoms with Crippen LogP contribution in [0.2, 0.25) is 5.02 Å². The van der Waals surface area contributed by atoms with Gasteiger partial charge in [0.2, 0.25) is 0 Å². The van der Waals surface area contributed by atoms with Gasteiger partial charge in [0.25, 0.3) is 0 Å². The molecular weight excluding hydrogens is 286 g/mol. The average molecular weight is 299 g/mol. The normalized spacial score (nSPS) is 11.4. The first-order valence-electron chi connectivity index (χ1n) is 5.26. The van der Waals surface area contributed by atoms with Crippen molar-refractivity contribution in [2.75, 3.05) is 0 Å². The molecule has 16 heavy (non-hydrogen) atoms. The number of nitrogens with zero attached hydrogens (tertiary/aromatic N) is 1. The van der Waals surface area contributed by atoms with E-state index in [-0.39, 0.29) is 0 Å². The van der Waals surface area contributed by atoms with E-state index in [1.54, 1.807) is 0 Å². The molecule has 0 saturated carbocycles. The predicted molar refractivity (Wildman–Crippen MR) is 73.3 cm³/mol. The molecule has 3 heteroatoms. The maximum absolute atomic E-state index is 6.32. The monoisotopic (exact) mass is 297 g/mol. The first-order valence-corrected chi connectivity index (χ1v) is 6.43. The minimum Gasteiger partial charge on any atom is -0.251 e. The summed E-state index contributed by atoms with van der Waals surface area (Å²) in [6.07, 6.45) is 0. The minimum absolute atomic E-state index is 0.384. The van der Waals surface area contributed by atoms with Crippen molar-refractivity contribution >= 4 is 38.4 Å². The van der Waals surface area contributed by atoms with Crippen LogP contribution in [0.3, 0.4) is 0 Å². The Bertz CT molecular complexity index is 549. The third kappa shape index (κ3) is 1.96. The molecule has 0 spiro atoms. The number of benzene rings is 1. The molecule has 0 amide bonds. The fraction of sp³-hybridized carbons (Fsp3) is 0.308. The lowest BCUT2D eigenvalue weighted by Gasteiger charge is -2.10. The summed E-state index contributed by atoms with van der Waals surface area (Å²) < 4.78 is 0.998. The molecule has 1 heterocycles. The van der Waals surface area contributed by atoms with Crippen LogP contribution in [0.15, 0.2) is 22.7 Å². The van der Waals surface area contributed by atoms with Crippen LogP contribution < -0.4 is 0 Å². The summed E-state index contributed by atoms with van der Waals surface area (Å²) in [4.78, 5) is 4.66. The molecule has 0 fully saturated rings. The van der Waals surface area contributed by atoms with E-state index >= 15 is 0 Å². The summed E-state index contributed by atoms with van der Waals surface area (Å²) in [5.41, 5.74) is 3.14. The predicted octanol–water partition coefficient (Wildman–Crippen LogP) is 5.08. The number of pyridine rings is 1. The molecule has 0 aliphatic heterocycles. The van der Waals surface area contributed by atoms with Gasteiger partial charge in [0.1, 0.15) is 0 Å². The van der Waals surface area contributed by atoms with Crippen LogP contribution in [-0.4, -0.2) is 4.98 Å². The molecule has 0 saturated heterocycles. The van der Waals surface area contributed by atoms with E-state index in [4.69, 9.17) is 11.6 Å². The van der Waals surface area contributed by atoms with Crippen molar-refractivity contribution in [1.29, 1.82) is 0 Å². The van der Waals surface area contributed by atoms with Gasteiger partial charge in [-0.1, -0.05) is 31.5 Å². The van der Waals surface area contributed by atoms with E-state index in [9.17, 15) is 0 Å². The van der Waals surface area contributed by atoms with E-state index in [1.807, 2.05) is 12.1 Å². The fourth-order valence-corrected chi connectivity index (χ4v) is 2.51. The Morgan fingerprint density at radius 3 is 2.62 bits per heavy atom. The van der Waals surface area contributed by atoms with Crippen molar-refractivity contribution in [3.63, 3.8) is 0 Å². The molecule has 0 aliphatic rings. The molecule has 0 N–H and O–H groups in total. The molecule has 0 radical (unpaired) electrons. The standard InChI is InChI=1S/C13H13BrClN/c1-7(2)11-6-10(15)12-8(3)4-5-9(14)13(12)16-11/h4-7H,1-3H3. The smallest absolute Gasteiger partial charge is 0.0864 e. The van der Waals surface area contributed by atoms with E-state index in [2.05, 4.69) is 47.8 Å². The number of aryl methyl sites for hydroxylation is 1. The number of halogens is 2. The number of hydrogen-bond acceptors (Lipinski definition) is 1. The maximum Gasteiger partial charge on any atom is 0.0864 e. The molecule has 0 unspecified atom stereocenters. The van der Waals surface area contributed by atoms with Crippen LogP contribution >= 0.6 is 27.5 Å². The van der Waals surface area contributed by atoms with Crippen molar-refractivity contribution in [3.05, 3.63) is 39.0 Å². The summed E-state index contributed by atoms with van der Waals surface area (Å²) in [6, 6.07) is 6.04. The average Bonchev–Trinajstić information content (AvgIpc) is 2.22. The van der Waals surface area contributed by atoms with Crippen molar-refractivity contribution < 1.29 is 0 Å². The Morgan fingerprint density at radius 2 is 2.00 bits per heavy atom. The zero-order valence-electron chi connectivity index (χ0n) is 9.51. The first kappa shape index (κ1) is 11.9. The Morgan fingerprint density at radius 1 is 1.31 bits per heavy atom. The van der Waals surface area contributed by atoms with Crippen LogP contribution in [0.4, 0.5) is 0 Å². The van der Waals surface area contributed by atoms with Crippen LogP contribution in [0, 0.1) is 6.92 Å². The zero-order valence-corrected chi connectivity index (χ0v) is 11.9. The molecule has 84 valence electrons. The lowest BCUT2D eigenvalue weighted by atomic mass is 10.1. The van der Waals surface area contributed by atoms with E-state index in [0.717, 1.165) is 31.7 Å². The van der Waals surface area contributed by atoms with Gasteiger partial charge in [-0.2, -0.15) is 0 Å². The van der Waals surface area contributed by atoms with Crippen LogP contribution in [0.5, 0.6) is 0 Å². The van der Waals surface area contributed by atoms with Crippen LogP contribution in [0.25, 0.3) is 10.9 Å². The third-order valence-corrected chi connectivity index (χ3v) is 3.62. The van der Waals surface area contributed by atoms with E-state index < -0.39 is 0 Å². The highest BCUT2D eigenvalue weighted by atomic mass is 79.9. The summed E-state index contributed by atoms with van der Waals surface area (Å²) in [5.74, 6) is 0.384. The lowest BCUT2D eigenvalue weighted by molar-refractivity contribution is 0.830. The van der Waals surface area contributed by atoms with E-state index in [0.29, 0.717) is 5.92 Å². The molecular formula is C13H13BrClN. The topological polar surface area (TPSA) is 12.9 Å².